The van der Waals surface area contributed by atoms with Crippen molar-refractivity contribution in [3.05, 3.63) is 103 Å². The van der Waals surface area contributed by atoms with Gasteiger partial charge in [-0.3, -0.25) is 4.79 Å². The molecule has 0 fully saturated rings. The van der Waals surface area contributed by atoms with Crippen molar-refractivity contribution < 1.29 is 9.53 Å². The highest BCUT2D eigenvalue weighted by atomic mass is 127. The number of nitriles is 1. The van der Waals surface area contributed by atoms with E-state index < -0.39 is 5.91 Å². The van der Waals surface area contributed by atoms with Gasteiger partial charge in [-0.15, -0.1) is 0 Å². The summed E-state index contributed by atoms with van der Waals surface area (Å²) in [5.41, 5.74) is 2.84. The summed E-state index contributed by atoms with van der Waals surface area (Å²) in [6.07, 6.45) is 1.58. The Kier molecular flexibility index (Phi) is 8.05. The molecule has 1 amide bonds. The molecule has 0 atom stereocenters. The van der Waals surface area contributed by atoms with Crippen molar-refractivity contribution >= 4 is 50.5 Å². The van der Waals surface area contributed by atoms with Gasteiger partial charge in [-0.05, 0) is 73.4 Å². The Morgan fingerprint density at radius 1 is 1.07 bits per heavy atom. The molecule has 0 heterocycles. The first kappa shape index (κ1) is 22.1. The van der Waals surface area contributed by atoms with Crippen molar-refractivity contribution in [3.8, 4) is 11.8 Å². The molecule has 0 aromatic heterocycles. The monoisotopic (exact) mass is 572 g/mol. The summed E-state index contributed by atoms with van der Waals surface area (Å²) in [7, 11) is 0. The number of nitrogens with one attached hydrogen (secondary N) is 1. The highest BCUT2D eigenvalue weighted by molar-refractivity contribution is 14.1. The van der Waals surface area contributed by atoms with Crippen molar-refractivity contribution in [2.45, 2.75) is 13.2 Å². The van der Waals surface area contributed by atoms with Crippen molar-refractivity contribution in [2.24, 2.45) is 0 Å². The second kappa shape index (κ2) is 11.0. The van der Waals surface area contributed by atoms with E-state index in [0.717, 1.165) is 30.5 Å². The smallest absolute Gasteiger partial charge is 0.262 e. The summed E-state index contributed by atoms with van der Waals surface area (Å²) in [5.74, 6) is 0.320. The summed E-state index contributed by atoms with van der Waals surface area (Å²) in [6, 6.07) is 25.2. The largest absolute Gasteiger partial charge is 0.487 e. The maximum absolute atomic E-state index is 12.4. The van der Waals surface area contributed by atoms with Crippen molar-refractivity contribution in [3.63, 3.8) is 0 Å². The summed E-state index contributed by atoms with van der Waals surface area (Å²) < 4.78 is 7.60. The average molecular weight is 573 g/mol. The Labute approximate surface area is 197 Å². The third-order valence-corrected chi connectivity index (χ3v) is 5.61. The van der Waals surface area contributed by atoms with Gasteiger partial charge in [0.15, 0.2) is 0 Å². The number of amides is 1. The molecule has 0 bridgehead atoms. The molecule has 0 saturated heterocycles. The van der Waals surface area contributed by atoms with Gasteiger partial charge in [-0.25, -0.2) is 0 Å². The topological polar surface area (TPSA) is 62.1 Å². The molecule has 6 heteroatoms. The van der Waals surface area contributed by atoms with Crippen LogP contribution in [0.15, 0.2) is 82.8 Å². The molecule has 1 N–H and O–H groups in total. The number of carbonyl (C=O) groups is 1. The first-order chi connectivity index (χ1) is 14.6. The van der Waals surface area contributed by atoms with E-state index in [4.69, 9.17) is 4.74 Å². The molecule has 0 saturated carbocycles. The van der Waals surface area contributed by atoms with E-state index >= 15 is 0 Å². The third kappa shape index (κ3) is 6.18. The molecular weight excluding hydrogens is 555 g/mol. The molecule has 0 aliphatic rings. The summed E-state index contributed by atoms with van der Waals surface area (Å²) in [4.78, 5) is 12.4. The van der Waals surface area contributed by atoms with Crippen LogP contribution < -0.4 is 10.1 Å². The molecule has 3 rings (SSSR count). The number of carbonyl (C=O) groups excluding carboxylic acids is 1. The lowest BCUT2D eigenvalue weighted by Crippen LogP contribution is -2.23. The zero-order chi connectivity index (χ0) is 21.3. The Hall–Kier alpha value is -2.63. The molecule has 3 aromatic carbocycles. The Bertz CT molecular complexity index is 1070. The van der Waals surface area contributed by atoms with Crippen LogP contribution >= 0.6 is 38.5 Å². The molecule has 4 nitrogen and oxygen atoms in total. The first-order valence-electron chi connectivity index (χ1n) is 9.16. The van der Waals surface area contributed by atoms with Crippen LogP contribution in [0.1, 0.15) is 16.7 Å². The summed E-state index contributed by atoms with van der Waals surface area (Å²) in [5, 5.41) is 12.2. The minimum absolute atomic E-state index is 0.0478. The van der Waals surface area contributed by atoms with E-state index in [0.29, 0.717) is 13.2 Å². The fourth-order valence-corrected chi connectivity index (χ4v) is 4.49. The van der Waals surface area contributed by atoms with Crippen molar-refractivity contribution in [1.29, 1.82) is 5.26 Å². The van der Waals surface area contributed by atoms with Gasteiger partial charge in [0.1, 0.15) is 24.0 Å². The molecule has 0 aliphatic carbocycles. The molecule has 0 radical (unpaired) electrons. The minimum atomic E-state index is -0.406. The number of benzene rings is 3. The molecule has 0 aliphatic heterocycles. The Morgan fingerprint density at radius 2 is 1.70 bits per heavy atom. The Morgan fingerprint density at radius 3 is 2.30 bits per heavy atom. The van der Waals surface area contributed by atoms with Gasteiger partial charge in [0.05, 0.1) is 8.04 Å². The molecule has 0 unspecified atom stereocenters. The SMILES string of the molecule is N#C/C(=C/c1cc(Br)c(OCc2ccccc2)c(I)c1)C(=O)NCc1ccccc1. The van der Waals surface area contributed by atoms with Gasteiger partial charge in [0, 0.05) is 6.54 Å². The van der Waals surface area contributed by atoms with Crippen LogP contribution in [0.2, 0.25) is 0 Å². The van der Waals surface area contributed by atoms with Gasteiger partial charge >= 0.3 is 0 Å². The van der Waals surface area contributed by atoms with E-state index in [1.165, 1.54) is 0 Å². The van der Waals surface area contributed by atoms with Gasteiger partial charge in [0.25, 0.3) is 5.91 Å². The maximum Gasteiger partial charge on any atom is 0.262 e. The molecule has 0 spiro atoms. The van der Waals surface area contributed by atoms with Gasteiger partial charge in [-0.1, -0.05) is 60.7 Å². The number of hydrogen-bond acceptors (Lipinski definition) is 3. The van der Waals surface area contributed by atoms with Gasteiger partial charge in [-0.2, -0.15) is 5.26 Å². The average Bonchev–Trinajstić information content (AvgIpc) is 2.76. The van der Waals surface area contributed by atoms with Crippen LogP contribution in [-0.2, 0) is 17.9 Å². The highest BCUT2D eigenvalue weighted by Crippen LogP contribution is 2.33. The van der Waals surface area contributed by atoms with Crippen LogP contribution in [0, 0.1) is 14.9 Å². The minimum Gasteiger partial charge on any atom is -0.487 e. The lowest BCUT2D eigenvalue weighted by Gasteiger charge is -2.12. The van der Waals surface area contributed by atoms with Crippen LogP contribution in [0.5, 0.6) is 5.75 Å². The zero-order valence-corrected chi connectivity index (χ0v) is 19.7. The molecule has 150 valence electrons. The highest BCUT2D eigenvalue weighted by Gasteiger charge is 2.12. The summed E-state index contributed by atoms with van der Waals surface area (Å²) in [6.45, 7) is 0.822. The molecule has 3 aromatic rings. The number of rotatable bonds is 7. The Balaban J connectivity index is 1.71. The predicted molar refractivity (Wildman–Crippen MR) is 130 cm³/mol. The van der Waals surface area contributed by atoms with Crippen LogP contribution in [0.3, 0.4) is 0 Å². The van der Waals surface area contributed by atoms with Crippen LogP contribution in [-0.4, -0.2) is 5.91 Å². The predicted octanol–water partition coefficient (Wildman–Crippen LogP) is 5.86. The van der Waals surface area contributed by atoms with Crippen LogP contribution in [0.4, 0.5) is 0 Å². The zero-order valence-electron chi connectivity index (χ0n) is 15.9. The number of nitrogens with zero attached hydrogens (tertiary/aromatic N) is 1. The van der Waals surface area contributed by atoms with E-state index in [1.54, 1.807) is 6.08 Å². The number of hydrogen-bond donors (Lipinski definition) is 1. The lowest BCUT2D eigenvalue weighted by atomic mass is 10.1. The number of halogens is 2. The quantitative estimate of drug-likeness (QED) is 0.219. The fraction of sp³-hybridized carbons (Fsp3) is 0.0833. The van der Waals surface area contributed by atoms with E-state index in [9.17, 15) is 10.1 Å². The van der Waals surface area contributed by atoms with E-state index in [-0.39, 0.29) is 5.57 Å². The van der Waals surface area contributed by atoms with Crippen LogP contribution in [0.25, 0.3) is 6.08 Å². The first-order valence-corrected chi connectivity index (χ1v) is 11.0. The third-order valence-electron chi connectivity index (χ3n) is 4.22. The molecule has 30 heavy (non-hydrogen) atoms. The van der Waals surface area contributed by atoms with E-state index in [2.05, 4.69) is 43.8 Å². The fourth-order valence-electron chi connectivity index (χ4n) is 2.72. The maximum atomic E-state index is 12.4. The normalized spacial score (nSPS) is 10.9. The van der Waals surface area contributed by atoms with Crippen molar-refractivity contribution in [1.82, 2.24) is 5.32 Å². The standard InChI is InChI=1S/C24H18BrIN2O2/c25-21-12-19(13-22(26)23(21)30-16-18-9-5-2-6-10-18)11-20(14-27)24(29)28-15-17-7-3-1-4-8-17/h1-13H,15-16H2,(H,28,29)/b20-11-. The van der Waals surface area contributed by atoms with E-state index in [1.807, 2.05) is 78.9 Å². The number of ether oxygens (including phenoxy) is 1. The summed E-state index contributed by atoms with van der Waals surface area (Å²) >= 11 is 5.73. The second-order valence-corrected chi connectivity index (χ2v) is 8.44. The molecular formula is C24H18BrIN2O2. The second-order valence-electron chi connectivity index (χ2n) is 6.43. The lowest BCUT2D eigenvalue weighted by molar-refractivity contribution is -0.117. The van der Waals surface area contributed by atoms with Gasteiger partial charge in [0.2, 0.25) is 0 Å². The van der Waals surface area contributed by atoms with Gasteiger partial charge < -0.3 is 10.1 Å². The van der Waals surface area contributed by atoms with Crippen molar-refractivity contribution in [2.75, 3.05) is 0 Å².